The third-order valence-corrected chi connectivity index (χ3v) is 5.53. The van der Waals surface area contributed by atoms with Gasteiger partial charge in [0.2, 0.25) is 0 Å². The zero-order chi connectivity index (χ0) is 13.1. The molecule has 0 radical (unpaired) electrons. The molecule has 1 aromatic heterocycles. The van der Waals surface area contributed by atoms with Gasteiger partial charge in [0, 0.05) is 48.5 Å². The van der Waals surface area contributed by atoms with Gasteiger partial charge in [0.25, 0.3) is 0 Å². The Morgan fingerprint density at radius 2 is 2.00 bits per heavy atom. The number of hydrogen-bond donors (Lipinski definition) is 0. The lowest BCUT2D eigenvalue weighted by Crippen LogP contribution is -2.37. The molecule has 0 atom stereocenters. The molecule has 0 bridgehead atoms. The minimum absolute atomic E-state index is 0.604. The molecule has 2 heterocycles. The molecule has 0 aromatic carbocycles. The SMILES string of the molecule is CCc1nn(CC)c(CN2CCS(=O)CC2)c1Br. The van der Waals surface area contributed by atoms with Gasteiger partial charge in [-0.1, -0.05) is 6.92 Å². The molecular formula is C12H20BrN3OS. The van der Waals surface area contributed by atoms with Crippen molar-refractivity contribution in [2.75, 3.05) is 24.6 Å². The minimum Gasteiger partial charge on any atom is -0.296 e. The van der Waals surface area contributed by atoms with Crippen LogP contribution in [0.2, 0.25) is 0 Å². The fourth-order valence-corrected chi connectivity index (χ4v) is 4.03. The van der Waals surface area contributed by atoms with E-state index in [1.807, 2.05) is 0 Å². The Balaban J connectivity index is 2.12. The van der Waals surface area contributed by atoms with Crippen LogP contribution in [-0.2, 0) is 30.3 Å². The van der Waals surface area contributed by atoms with E-state index in [1.165, 1.54) is 5.69 Å². The van der Waals surface area contributed by atoms with Crippen molar-refractivity contribution in [2.24, 2.45) is 0 Å². The van der Waals surface area contributed by atoms with Crippen LogP contribution in [0.15, 0.2) is 4.47 Å². The Morgan fingerprint density at radius 1 is 1.33 bits per heavy atom. The van der Waals surface area contributed by atoms with Crippen LogP contribution in [0.1, 0.15) is 25.2 Å². The van der Waals surface area contributed by atoms with Crippen molar-refractivity contribution >= 4 is 26.7 Å². The number of aryl methyl sites for hydroxylation is 2. The van der Waals surface area contributed by atoms with E-state index in [-0.39, 0.29) is 0 Å². The second-order valence-electron chi connectivity index (χ2n) is 4.50. The summed E-state index contributed by atoms with van der Waals surface area (Å²) in [4.78, 5) is 2.37. The zero-order valence-electron chi connectivity index (χ0n) is 11.0. The van der Waals surface area contributed by atoms with Crippen LogP contribution < -0.4 is 0 Å². The molecule has 0 unspecified atom stereocenters. The molecule has 1 aromatic rings. The lowest BCUT2D eigenvalue weighted by molar-refractivity contribution is 0.281. The van der Waals surface area contributed by atoms with Gasteiger partial charge in [-0.15, -0.1) is 0 Å². The molecule has 0 aliphatic carbocycles. The Bertz CT molecular complexity index is 437. The standard InChI is InChI=1S/C12H20BrN3OS/c1-3-10-12(13)11(16(4-2)14-10)9-15-5-7-18(17)8-6-15/h3-9H2,1-2H3. The summed E-state index contributed by atoms with van der Waals surface area (Å²) in [7, 11) is -0.604. The average Bonchev–Trinajstić information content (AvgIpc) is 2.69. The normalized spacial score (nSPS) is 18.4. The highest BCUT2D eigenvalue weighted by molar-refractivity contribution is 9.10. The lowest BCUT2D eigenvalue weighted by Gasteiger charge is -2.26. The largest absolute Gasteiger partial charge is 0.296 e. The van der Waals surface area contributed by atoms with E-state index in [9.17, 15) is 4.21 Å². The molecule has 1 aliphatic rings. The molecule has 2 rings (SSSR count). The summed E-state index contributed by atoms with van der Waals surface area (Å²) >= 11 is 3.67. The Labute approximate surface area is 119 Å². The molecule has 18 heavy (non-hydrogen) atoms. The summed E-state index contributed by atoms with van der Waals surface area (Å²) in [6.45, 7) is 7.89. The second kappa shape index (κ2) is 6.30. The van der Waals surface area contributed by atoms with Crippen LogP contribution in [0.25, 0.3) is 0 Å². The first-order chi connectivity index (χ1) is 8.65. The average molecular weight is 334 g/mol. The fourth-order valence-electron chi connectivity index (χ4n) is 2.21. The second-order valence-corrected chi connectivity index (χ2v) is 6.99. The number of aromatic nitrogens is 2. The quantitative estimate of drug-likeness (QED) is 0.843. The van der Waals surface area contributed by atoms with Crippen molar-refractivity contribution in [2.45, 2.75) is 33.4 Å². The minimum atomic E-state index is -0.604. The first kappa shape index (κ1) is 14.2. The summed E-state index contributed by atoms with van der Waals surface area (Å²) < 4.78 is 14.6. The van der Waals surface area contributed by atoms with Crippen LogP contribution in [0.4, 0.5) is 0 Å². The Hall–Kier alpha value is -0.200. The van der Waals surface area contributed by atoms with Gasteiger partial charge >= 0.3 is 0 Å². The highest BCUT2D eigenvalue weighted by Gasteiger charge is 2.20. The third-order valence-electron chi connectivity index (χ3n) is 3.34. The maximum atomic E-state index is 11.4. The lowest BCUT2D eigenvalue weighted by atomic mass is 10.3. The molecule has 1 aliphatic heterocycles. The van der Waals surface area contributed by atoms with Gasteiger partial charge in [-0.2, -0.15) is 5.10 Å². The van der Waals surface area contributed by atoms with Crippen molar-refractivity contribution in [1.82, 2.24) is 14.7 Å². The maximum Gasteiger partial charge on any atom is 0.0767 e. The van der Waals surface area contributed by atoms with Gasteiger partial charge in [0.15, 0.2) is 0 Å². The van der Waals surface area contributed by atoms with Crippen LogP contribution in [0, 0.1) is 0 Å². The molecule has 4 nitrogen and oxygen atoms in total. The summed E-state index contributed by atoms with van der Waals surface area (Å²) in [5.41, 5.74) is 2.38. The van der Waals surface area contributed by atoms with Crippen LogP contribution >= 0.6 is 15.9 Å². The van der Waals surface area contributed by atoms with Crippen molar-refractivity contribution < 1.29 is 4.21 Å². The number of nitrogens with zero attached hydrogens (tertiary/aromatic N) is 3. The summed E-state index contributed by atoms with van der Waals surface area (Å²) in [6.07, 6.45) is 0.949. The first-order valence-electron chi connectivity index (χ1n) is 6.47. The van der Waals surface area contributed by atoms with Crippen molar-refractivity contribution in [3.8, 4) is 0 Å². The van der Waals surface area contributed by atoms with Gasteiger partial charge < -0.3 is 0 Å². The van der Waals surface area contributed by atoms with Crippen molar-refractivity contribution in [3.63, 3.8) is 0 Å². The van der Waals surface area contributed by atoms with Crippen LogP contribution in [0.3, 0.4) is 0 Å². The van der Waals surface area contributed by atoms with Crippen molar-refractivity contribution in [1.29, 1.82) is 0 Å². The predicted octanol–water partition coefficient (Wildman–Crippen LogP) is 1.79. The van der Waals surface area contributed by atoms with E-state index in [0.717, 1.165) is 54.3 Å². The van der Waals surface area contributed by atoms with Gasteiger partial charge in [-0.05, 0) is 29.3 Å². The summed E-state index contributed by atoms with van der Waals surface area (Å²) in [5.74, 6) is 1.61. The van der Waals surface area contributed by atoms with E-state index < -0.39 is 10.8 Å². The Kier molecular flexibility index (Phi) is 4.98. The molecule has 6 heteroatoms. The van der Waals surface area contributed by atoms with Gasteiger partial charge in [-0.25, -0.2) is 0 Å². The summed E-state index contributed by atoms with van der Waals surface area (Å²) in [5, 5.41) is 4.61. The van der Waals surface area contributed by atoms with E-state index in [4.69, 9.17) is 0 Å². The van der Waals surface area contributed by atoms with E-state index in [1.54, 1.807) is 0 Å². The molecule has 0 spiro atoms. The molecule has 1 fully saturated rings. The van der Waals surface area contributed by atoms with E-state index in [0.29, 0.717) is 0 Å². The first-order valence-corrected chi connectivity index (χ1v) is 8.75. The number of rotatable bonds is 4. The molecule has 0 amide bonds. The predicted molar refractivity (Wildman–Crippen MR) is 78.1 cm³/mol. The van der Waals surface area contributed by atoms with E-state index >= 15 is 0 Å². The van der Waals surface area contributed by atoms with Gasteiger partial charge in [0.1, 0.15) is 0 Å². The molecule has 0 N–H and O–H groups in total. The van der Waals surface area contributed by atoms with Gasteiger partial charge in [0.05, 0.1) is 15.9 Å². The highest BCUT2D eigenvalue weighted by Crippen LogP contribution is 2.24. The summed E-state index contributed by atoms with van der Waals surface area (Å²) in [6, 6.07) is 0. The van der Waals surface area contributed by atoms with E-state index in [2.05, 4.69) is 44.5 Å². The molecule has 1 saturated heterocycles. The third kappa shape index (κ3) is 3.03. The zero-order valence-corrected chi connectivity index (χ0v) is 13.4. The maximum absolute atomic E-state index is 11.4. The number of hydrogen-bond acceptors (Lipinski definition) is 3. The number of halogens is 1. The topological polar surface area (TPSA) is 38.1 Å². The monoisotopic (exact) mass is 333 g/mol. The van der Waals surface area contributed by atoms with Crippen molar-refractivity contribution in [3.05, 3.63) is 15.9 Å². The molecular weight excluding hydrogens is 314 g/mol. The van der Waals surface area contributed by atoms with Gasteiger partial charge in [-0.3, -0.25) is 13.8 Å². The smallest absolute Gasteiger partial charge is 0.0767 e. The van der Waals surface area contributed by atoms with Crippen LogP contribution in [-0.4, -0.2) is 43.5 Å². The Morgan fingerprint density at radius 3 is 2.56 bits per heavy atom. The highest BCUT2D eigenvalue weighted by atomic mass is 79.9. The fraction of sp³-hybridized carbons (Fsp3) is 0.750. The molecule has 0 saturated carbocycles. The van der Waals surface area contributed by atoms with Crippen LogP contribution in [0.5, 0.6) is 0 Å². The molecule has 102 valence electrons.